The van der Waals surface area contributed by atoms with Crippen LogP contribution in [0.15, 0.2) is 23.2 Å². The maximum Gasteiger partial charge on any atom is 0.416 e. The van der Waals surface area contributed by atoms with Gasteiger partial charge in [0.1, 0.15) is 11.4 Å². The van der Waals surface area contributed by atoms with Crippen LogP contribution in [0.25, 0.3) is 0 Å². The molecule has 1 fully saturated rings. The molecule has 1 aromatic rings. The maximum atomic E-state index is 13.6. The highest BCUT2D eigenvalue weighted by molar-refractivity contribution is 14.0. The number of halogens is 4. The summed E-state index contributed by atoms with van der Waals surface area (Å²) in [5, 5.41) is 6.30. The second-order valence-electron chi connectivity index (χ2n) is 8.47. The number of carbonyl (C=O) groups is 1. The molecule has 0 spiro atoms. The zero-order valence-corrected chi connectivity index (χ0v) is 21.2. The highest BCUT2D eigenvalue weighted by Gasteiger charge is 2.34. The van der Waals surface area contributed by atoms with E-state index in [0.717, 1.165) is 6.07 Å². The van der Waals surface area contributed by atoms with Crippen molar-refractivity contribution in [3.8, 4) is 5.75 Å². The van der Waals surface area contributed by atoms with Crippen molar-refractivity contribution in [3.05, 3.63) is 29.3 Å². The average Bonchev–Trinajstić information content (AvgIpc) is 2.65. The van der Waals surface area contributed by atoms with E-state index in [1.165, 1.54) is 12.1 Å². The Morgan fingerprint density at radius 1 is 1.25 bits per heavy atom. The number of urea groups is 1. The van der Waals surface area contributed by atoms with Crippen molar-refractivity contribution in [2.45, 2.75) is 64.9 Å². The minimum absolute atomic E-state index is 0. The van der Waals surface area contributed by atoms with Crippen LogP contribution in [0.1, 0.15) is 51.7 Å². The number of guanidine groups is 1. The van der Waals surface area contributed by atoms with E-state index in [-0.39, 0.29) is 47.9 Å². The average molecular weight is 571 g/mol. The van der Waals surface area contributed by atoms with Gasteiger partial charge in [-0.3, -0.25) is 0 Å². The number of rotatable bonds is 5. The van der Waals surface area contributed by atoms with Crippen LogP contribution in [0.4, 0.5) is 18.0 Å². The second-order valence-corrected chi connectivity index (χ2v) is 8.47. The number of likely N-dealkylation sites (tertiary alicyclic amines) is 1. The normalized spacial score (nSPS) is 15.7. The minimum Gasteiger partial charge on any atom is -0.488 e. The summed E-state index contributed by atoms with van der Waals surface area (Å²) in [5.41, 5.74) is 4.00. The Bertz CT molecular complexity index is 789. The number of amides is 2. The Kier molecular flexibility index (Phi) is 10.4. The van der Waals surface area contributed by atoms with Gasteiger partial charge in [-0.1, -0.05) is 6.07 Å². The number of hydrogen-bond donors (Lipinski definition) is 3. The number of nitrogens with zero attached hydrogens (tertiary/aromatic N) is 2. The number of aliphatic imine (C=N–C) groups is 1. The molecule has 2 rings (SSSR count). The third-order valence-electron chi connectivity index (χ3n) is 4.71. The van der Waals surface area contributed by atoms with Gasteiger partial charge in [-0.2, -0.15) is 13.2 Å². The molecule has 0 saturated carbocycles. The summed E-state index contributed by atoms with van der Waals surface area (Å²) in [6.07, 6.45) is -3.16. The molecule has 1 saturated heterocycles. The van der Waals surface area contributed by atoms with Gasteiger partial charge >= 0.3 is 12.2 Å². The fourth-order valence-electron chi connectivity index (χ4n) is 3.30. The molecule has 0 aromatic heterocycles. The molecule has 0 aliphatic carbocycles. The SMILES string of the molecule is CCNC(=NCc1ccc(OC(C)(C)C)cc1C(F)(F)F)NC1CCN(C(N)=O)CC1.I. The molecule has 0 unspecified atom stereocenters. The molecule has 2 amide bonds. The lowest BCUT2D eigenvalue weighted by Crippen LogP contribution is -2.50. The Morgan fingerprint density at radius 3 is 2.38 bits per heavy atom. The fourth-order valence-corrected chi connectivity index (χ4v) is 3.30. The molecule has 32 heavy (non-hydrogen) atoms. The topological polar surface area (TPSA) is 92.0 Å². The van der Waals surface area contributed by atoms with E-state index >= 15 is 0 Å². The van der Waals surface area contributed by atoms with E-state index in [1.54, 1.807) is 25.7 Å². The molecule has 4 N–H and O–H groups in total. The quantitative estimate of drug-likeness (QED) is 0.282. The highest BCUT2D eigenvalue weighted by atomic mass is 127. The number of ether oxygens (including phenoxy) is 1. The van der Waals surface area contributed by atoms with Gasteiger partial charge in [0.05, 0.1) is 12.1 Å². The molecule has 1 aliphatic rings. The Balaban J connectivity index is 0.00000512. The predicted molar refractivity (Wildman–Crippen MR) is 129 cm³/mol. The monoisotopic (exact) mass is 571 g/mol. The Morgan fingerprint density at radius 2 is 1.88 bits per heavy atom. The van der Waals surface area contributed by atoms with Crippen molar-refractivity contribution >= 4 is 36.0 Å². The van der Waals surface area contributed by atoms with Crippen molar-refractivity contribution in [1.82, 2.24) is 15.5 Å². The van der Waals surface area contributed by atoms with Crippen LogP contribution in [0, 0.1) is 0 Å². The predicted octanol–water partition coefficient (Wildman–Crippen LogP) is 4.10. The summed E-state index contributed by atoms with van der Waals surface area (Å²) >= 11 is 0. The first kappa shape index (κ1) is 28.1. The number of nitrogens with one attached hydrogen (secondary N) is 2. The number of benzene rings is 1. The lowest BCUT2D eigenvalue weighted by molar-refractivity contribution is -0.138. The molecular weight excluding hydrogens is 538 g/mol. The van der Waals surface area contributed by atoms with E-state index in [1.807, 2.05) is 6.92 Å². The van der Waals surface area contributed by atoms with E-state index in [4.69, 9.17) is 10.5 Å². The van der Waals surface area contributed by atoms with Gasteiger partial charge in [0.25, 0.3) is 0 Å². The largest absolute Gasteiger partial charge is 0.488 e. The number of alkyl halides is 3. The molecule has 11 heteroatoms. The number of carbonyl (C=O) groups excluding carboxylic acids is 1. The van der Waals surface area contributed by atoms with Crippen molar-refractivity contribution < 1.29 is 22.7 Å². The number of hydrogen-bond acceptors (Lipinski definition) is 3. The van der Waals surface area contributed by atoms with Gasteiger partial charge in [0, 0.05) is 25.7 Å². The van der Waals surface area contributed by atoms with E-state index in [0.29, 0.717) is 38.4 Å². The molecule has 7 nitrogen and oxygen atoms in total. The van der Waals surface area contributed by atoms with Crippen molar-refractivity contribution in [1.29, 1.82) is 0 Å². The van der Waals surface area contributed by atoms with Crippen LogP contribution in [0.5, 0.6) is 5.75 Å². The molecular formula is C21H33F3IN5O2. The van der Waals surface area contributed by atoms with Gasteiger partial charge in [-0.15, -0.1) is 24.0 Å². The summed E-state index contributed by atoms with van der Waals surface area (Å²) in [5.74, 6) is 0.599. The first-order valence-corrected chi connectivity index (χ1v) is 10.4. The summed E-state index contributed by atoms with van der Waals surface area (Å²) < 4.78 is 46.5. The van der Waals surface area contributed by atoms with E-state index < -0.39 is 23.4 Å². The molecule has 1 aromatic carbocycles. The van der Waals surface area contributed by atoms with Crippen LogP contribution in [-0.4, -0.2) is 48.2 Å². The smallest absolute Gasteiger partial charge is 0.416 e. The summed E-state index contributed by atoms with van der Waals surface area (Å²) in [7, 11) is 0. The number of primary amides is 1. The molecule has 0 bridgehead atoms. The third-order valence-corrected chi connectivity index (χ3v) is 4.71. The van der Waals surface area contributed by atoms with Gasteiger partial charge in [-0.05, 0) is 58.2 Å². The van der Waals surface area contributed by atoms with Gasteiger partial charge in [0.15, 0.2) is 5.96 Å². The van der Waals surface area contributed by atoms with Crippen LogP contribution in [-0.2, 0) is 12.7 Å². The zero-order chi connectivity index (χ0) is 23.2. The molecule has 0 radical (unpaired) electrons. The van der Waals surface area contributed by atoms with Gasteiger partial charge in [0.2, 0.25) is 0 Å². The number of nitrogens with two attached hydrogens (primary N) is 1. The molecule has 1 aliphatic heterocycles. The summed E-state index contributed by atoms with van der Waals surface area (Å²) in [6.45, 7) is 8.70. The first-order valence-electron chi connectivity index (χ1n) is 10.4. The standard InChI is InChI=1S/C21H32F3N5O2.HI/c1-5-26-19(28-15-8-10-29(11-9-15)18(25)30)27-13-14-6-7-16(31-20(2,3)4)12-17(14)21(22,23)24;/h6-7,12,15H,5,8-11,13H2,1-4H3,(H2,25,30)(H2,26,27,28);1H. The first-order chi connectivity index (χ1) is 14.4. The van der Waals surface area contributed by atoms with Crippen molar-refractivity contribution in [2.24, 2.45) is 10.7 Å². The second kappa shape index (κ2) is 11.8. The lowest BCUT2D eigenvalue weighted by atomic mass is 10.1. The van der Waals surface area contributed by atoms with Crippen molar-refractivity contribution in [2.75, 3.05) is 19.6 Å². The van der Waals surface area contributed by atoms with E-state index in [9.17, 15) is 18.0 Å². The summed E-state index contributed by atoms with van der Waals surface area (Å²) in [4.78, 5) is 17.2. The van der Waals surface area contributed by atoms with E-state index in [2.05, 4.69) is 15.6 Å². The van der Waals surface area contributed by atoms with Crippen LogP contribution >= 0.6 is 24.0 Å². The minimum atomic E-state index is -4.52. The van der Waals surface area contributed by atoms with Gasteiger partial charge in [-0.25, -0.2) is 9.79 Å². The zero-order valence-electron chi connectivity index (χ0n) is 18.9. The molecule has 182 valence electrons. The van der Waals surface area contributed by atoms with Crippen LogP contribution in [0.2, 0.25) is 0 Å². The van der Waals surface area contributed by atoms with Gasteiger partial charge < -0.3 is 26.0 Å². The third kappa shape index (κ3) is 8.91. The Labute approximate surface area is 204 Å². The van der Waals surface area contributed by atoms with Crippen LogP contribution < -0.4 is 21.1 Å². The molecule has 1 heterocycles. The fraction of sp³-hybridized carbons (Fsp3) is 0.619. The lowest BCUT2D eigenvalue weighted by Gasteiger charge is -2.32. The summed E-state index contributed by atoms with van der Waals surface area (Å²) in [6, 6.07) is 3.57. The maximum absolute atomic E-state index is 13.6. The Hall–Kier alpha value is -1.92. The number of piperidine rings is 1. The van der Waals surface area contributed by atoms with Crippen LogP contribution in [0.3, 0.4) is 0 Å². The molecule has 0 atom stereocenters. The highest BCUT2D eigenvalue weighted by Crippen LogP contribution is 2.35. The van der Waals surface area contributed by atoms with Crippen molar-refractivity contribution in [3.63, 3.8) is 0 Å².